The van der Waals surface area contributed by atoms with Crippen molar-refractivity contribution in [3.05, 3.63) is 34.9 Å². The van der Waals surface area contributed by atoms with Crippen molar-refractivity contribution in [2.24, 2.45) is 11.1 Å². The highest BCUT2D eigenvalue weighted by atomic mass is 16.1. The second kappa shape index (κ2) is 4.61. The van der Waals surface area contributed by atoms with Gasteiger partial charge in [0.15, 0.2) is 0 Å². The van der Waals surface area contributed by atoms with Crippen LogP contribution in [-0.2, 0) is 24.1 Å². The molecule has 0 saturated carbocycles. The molecule has 17 heavy (non-hydrogen) atoms. The van der Waals surface area contributed by atoms with Gasteiger partial charge in [0, 0.05) is 18.4 Å². The maximum absolute atomic E-state index is 12.1. The van der Waals surface area contributed by atoms with Crippen LogP contribution in [0, 0.1) is 5.41 Å². The number of carbonyl (C=O) groups excluding carboxylic acids is 1. The molecule has 92 valence electrons. The first kappa shape index (κ1) is 12.3. The van der Waals surface area contributed by atoms with Gasteiger partial charge in [-0.2, -0.15) is 0 Å². The van der Waals surface area contributed by atoms with E-state index in [9.17, 15) is 4.79 Å². The Balaban J connectivity index is 2.12. The minimum atomic E-state index is -0.404. The third kappa shape index (κ3) is 2.58. The Bertz CT molecular complexity index is 435. The van der Waals surface area contributed by atoms with Crippen molar-refractivity contribution >= 4 is 5.78 Å². The predicted octanol–water partition coefficient (Wildman–Crippen LogP) is 2.27. The zero-order chi connectivity index (χ0) is 12.5. The lowest BCUT2D eigenvalue weighted by Crippen LogP contribution is -2.33. The van der Waals surface area contributed by atoms with Gasteiger partial charge >= 0.3 is 0 Å². The Morgan fingerprint density at radius 3 is 2.71 bits per heavy atom. The van der Waals surface area contributed by atoms with Gasteiger partial charge in [-0.1, -0.05) is 32.0 Å². The van der Waals surface area contributed by atoms with Crippen molar-refractivity contribution in [2.45, 2.75) is 39.5 Å². The number of rotatable bonds is 4. The highest BCUT2D eigenvalue weighted by molar-refractivity contribution is 5.86. The minimum Gasteiger partial charge on any atom is -0.329 e. The summed E-state index contributed by atoms with van der Waals surface area (Å²) in [6.07, 6.45) is 4.12. The molecule has 0 heterocycles. The fraction of sp³-hybridized carbons (Fsp3) is 0.533. The Kier molecular flexibility index (Phi) is 3.34. The second-order valence-electron chi connectivity index (χ2n) is 5.64. The highest BCUT2D eigenvalue weighted by Crippen LogP contribution is 2.24. The number of ketones is 1. The largest absolute Gasteiger partial charge is 0.329 e. The summed E-state index contributed by atoms with van der Waals surface area (Å²) in [4.78, 5) is 12.1. The van der Waals surface area contributed by atoms with E-state index < -0.39 is 5.41 Å². The van der Waals surface area contributed by atoms with Crippen molar-refractivity contribution < 1.29 is 4.79 Å². The molecule has 0 amide bonds. The van der Waals surface area contributed by atoms with Gasteiger partial charge in [0.2, 0.25) is 0 Å². The summed E-state index contributed by atoms with van der Waals surface area (Å²) in [5.74, 6) is 0.234. The number of carbonyl (C=O) groups is 1. The zero-order valence-corrected chi connectivity index (χ0v) is 10.8. The first-order valence-corrected chi connectivity index (χ1v) is 6.37. The van der Waals surface area contributed by atoms with Crippen LogP contribution in [0.1, 0.15) is 37.0 Å². The van der Waals surface area contributed by atoms with Crippen LogP contribution in [0.25, 0.3) is 0 Å². The van der Waals surface area contributed by atoms with Crippen LogP contribution in [0.2, 0.25) is 0 Å². The number of aryl methyl sites for hydroxylation is 2. The number of nitrogens with two attached hydrogens (primary N) is 1. The lowest BCUT2D eigenvalue weighted by atomic mass is 9.84. The molecular weight excluding hydrogens is 210 g/mol. The SMILES string of the molecule is CC(C)(CN)C(=O)Cc1ccc2c(c1)CCC2. The fourth-order valence-electron chi connectivity index (χ4n) is 2.27. The van der Waals surface area contributed by atoms with Gasteiger partial charge in [0.1, 0.15) is 5.78 Å². The van der Waals surface area contributed by atoms with Crippen molar-refractivity contribution in [2.75, 3.05) is 6.54 Å². The van der Waals surface area contributed by atoms with E-state index in [-0.39, 0.29) is 5.78 Å². The predicted molar refractivity (Wildman–Crippen MR) is 70.0 cm³/mol. The molecule has 2 heteroatoms. The van der Waals surface area contributed by atoms with E-state index >= 15 is 0 Å². The van der Waals surface area contributed by atoms with Gasteiger partial charge in [-0.15, -0.1) is 0 Å². The van der Waals surface area contributed by atoms with Gasteiger partial charge in [-0.05, 0) is 36.0 Å². The summed E-state index contributed by atoms with van der Waals surface area (Å²) in [5.41, 5.74) is 9.25. The Hall–Kier alpha value is -1.15. The van der Waals surface area contributed by atoms with Gasteiger partial charge in [-0.25, -0.2) is 0 Å². The molecular formula is C15H21NO. The number of benzene rings is 1. The van der Waals surface area contributed by atoms with E-state index in [4.69, 9.17) is 5.73 Å². The summed E-state index contributed by atoms with van der Waals surface area (Å²) < 4.78 is 0. The molecule has 0 unspecified atom stereocenters. The zero-order valence-electron chi connectivity index (χ0n) is 10.8. The summed E-state index contributed by atoms with van der Waals surface area (Å²) in [7, 11) is 0. The molecule has 0 saturated heterocycles. The van der Waals surface area contributed by atoms with Crippen LogP contribution in [0.4, 0.5) is 0 Å². The van der Waals surface area contributed by atoms with Crippen LogP contribution in [-0.4, -0.2) is 12.3 Å². The molecule has 2 nitrogen and oxygen atoms in total. The van der Waals surface area contributed by atoms with Crippen molar-refractivity contribution in [3.8, 4) is 0 Å². The maximum Gasteiger partial charge on any atom is 0.144 e. The average Bonchev–Trinajstić information content (AvgIpc) is 2.76. The number of hydrogen-bond acceptors (Lipinski definition) is 2. The third-order valence-corrected chi connectivity index (χ3v) is 3.79. The van der Waals surface area contributed by atoms with Crippen LogP contribution in [0.3, 0.4) is 0 Å². The van der Waals surface area contributed by atoms with Gasteiger partial charge in [0.25, 0.3) is 0 Å². The summed E-state index contributed by atoms with van der Waals surface area (Å²) in [6, 6.07) is 6.47. The molecule has 0 aliphatic heterocycles. The van der Waals surface area contributed by atoms with E-state index in [0.29, 0.717) is 13.0 Å². The molecule has 0 atom stereocenters. The normalized spacial score (nSPS) is 14.8. The van der Waals surface area contributed by atoms with E-state index in [1.54, 1.807) is 0 Å². The molecule has 1 aliphatic carbocycles. The molecule has 0 bridgehead atoms. The monoisotopic (exact) mass is 231 g/mol. The Labute approximate surface area is 103 Å². The highest BCUT2D eigenvalue weighted by Gasteiger charge is 2.25. The van der Waals surface area contributed by atoms with Crippen molar-refractivity contribution in [1.29, 1.82) is 0 Å². The van der Waals surface area contributed by atoms with E-state index in [0.717, 1.165) is 12.0 Å². The lowest BCUT2D eigenvalue weighted by Gasteiger charge is -2.20. The number of hydrogen-bond donors (Lipinski definition) is 1. The Morgan fingerprint density at radius 2 is 2.00 bits per heavy atom. The topological polar surface area (TPSA) is 43.1 Å². The summed E-state index contributed by atoms with van der Waals surface area (Å²) >= 11 is 0. The molecule has 0 radical (unpaired) electrons. The molecule has 1 aromatic carbocycles. The number of Topliss-reactive ketones (excluding diaryl/α,β-unsaturated/α-hetero) is 1. The molecule has 0 aromatic heterocycles. The first-order valence-electron chi connectivity index (χ1n) is 6.37. The molecule has 0 spiro atoms. The minimum absolute atomic E-state index is 0.234. The average molecular weight is 231 g/mol. The van der Waals surface area contributed by atoms with E-state index in [1.807, 2.05) is 13.8 Å². The van der Waals surface area contributed by atoms with Crippen LogP contribution in [0.15, 0.2) is 18.2 Å². The Morgan fingerprint density at radius 1 is 1.29 bits per heavy atom. The molecule has 1 aromatic rings. The summed E-state index contributed by atoms with van der Waals surface area (Å²) in [6.45, 7) is 4.25. The van der Waals surface area contributed by atoms with Crippen LogP contribution < -0.4 is 5.73 Å². The third-order valence-electron chi connectivity index (χ3n) is 3.79. The molecule has 2 rings (SSSR count). The van der Waals surface area contributed by atoms with Gasteiger partial charge < -0.3 is 5.73 Å². The van der Waals surface area contributed by atoms with Crippen LogP contribution in [0.5, 0.6) is 0 Å². The number of fused-ring (bicyclic) bond motifs is 1. The first-order chi connectivity index (χ1) is 8.03. The second-order valence-corrected chi connectivity index (χ2v) is 5.64. The fourth-order valence-corrected chi connectivity index (χ4v) is 2.27. The van der Waals surface area contributed by atoms with Crippen molar-refractivity contribution in [1.82, 2.24) is 0 Å². The van der Waals surface area contributed by atoms with E-state index in [1.165, 1.54) is 24.0 Å². The molecule has 2 N–H and O–H groups in total. The quantitative estimate of drug-likeness (QED) is 0.864. The maximum atomic E-state index is 12.1. The molecule has 0 fully saturated rings. The van der Waals surface area contributed by atoms with Gasteiger partial charge in [0.05, 0.1) is 0 Å². The standard InChI is InChI=1S/C15H21NO/c1-15(2,10-16)14(17)9-11-6-7-12-4-3-5-13(12)8-11/h6-8H,3-5,9-10,16H2,1-2H3. The lowest BCUT2D eigenvalue weighted by molar-refractivity contribution is -0.125. The van der Waals surface area contributed by atoms with Crippen molar-refractivity contribution in [3.63, 3.8) is 0 Å². The molecule has 1 aliphatic rings. The smallest absolute Gasteiger partial charge is 0.144 e. The van der Waals surface area contributed by atoms with Gasteiger partial charge in [-0.3, -0.25) is 4.79 Å². The van der Waals surface area contributed by atoms with E-state index in [2.05, 4.69) is 18.2 Å². The van der Waals surface area contributed by atoms with Crippen LogP contribution >= 0.6 is 0 Å². The summed E-state index contributed by atoms with van der Waals surface area (Å²) in [5, 5.41) is 0.